The molecule has 11 heteroatoms. The van der Waals surface area contributed by atoms with Gasteiger partial charge < -0.3 is 10.6 Å². The van der Waals surface area contributed by atoms with Crippen LogP contribution in [0.5, 0.6) is 0 Å². The molecule has 0 atom stereocenters. The molecule has 2 aromatic carbocycles. The fourth-order valence-electron chi connectivity index (χ4n) is 2.37. The molecule has 160 valence electrons. The van der Waals surface area contributed by atoms with Crippen LogP contribution in [0.4, 0.5) is 11.4 Å². The molecule has 0 radical (unpaired) electrons. The lowest BCUT2D eigenvalue weighted by molar-refractivity contribution is -0.387. The van der Waals surface area contributed by atoms with Crippen LogP contribution in [-0.4, -0.2) is 38.2 Å². The molecule has 0 bridgehead atoms. The zero-order valence-electron chi connectivity index (χ0n) is 16.4. The Morgan fingerprint density at radius 3 is 2.27 bits per heavy atom. The molecule has 2 amide bonds. The molecule has 0 heterocycles. The van der Waals surface area contributed by atoms with E-state index in [4.69, 9.17) is 0 Å². The molecular weight excluding hydrogens is 412 g/mol. The lowest BCUT2D eigenvalue weighted by Gasteiger charge is -2.10. The number of anilines is 1. The van der Waals surface area contributed by atoms with E-state index in [9.17, 15) is 28.1 Å². The largest absolute Gasteiger partial charge is 0.351 e. The number of hydrogen-bond donors (Lipinski definition) is 3. The molecule has 0 aliphatic carbocycles. The minimum absolute atomic E-state index is 0.0233. The molecule has 2 aromatic rings. The number of amides is 2. The van der Waals surface area contributed by atoms with Gasteiger partial charge in [0.15, 0.2) is 4.90 Å². The van der Waals surface area contributed by atoms with Gasteiger partial charge in [0.05, 0.1) is 4.92 Å². The first-order valence-electron chi connectivity index (χ1n) is 9.04. The van der Waals surface area contributed by atoms with Crippen molar-refractivity contribution >= 4 is 33.2 Å². The van der Waals surface area contributed by atoms with Gasteiger partial charge in [0.2, 0.25) is 15.9 Å². The van der Waals surface area contributed by atoms with Crippen LogP contribution in [0.2, 0.25) is 0 Å². The van der Waals surface area contributed by atoms with Crippen LogP contribution in [-0.2, 0) is 14.8 Å². The maximum atomic E-state index is 12.3. The summed E-state index contributed by atoms with van der Waals surface area (Å²) >= 11 is 0. The number of nitrogens with one attached hydrogen (secondary N) is 3. The van der Waals surface area contributed by atoms with Gasteiger partial charge in [0.25, 0.3) is 11.6 Å². The van der Waals surface area contributed by atoms with E-state index >= 15 is 0 Å². The molecule has 10 nitrogen and oxygen atoms in total. The number of rotatable bonds is 9. The highest BCUT2D eigenvalue weighted by Gasteiger charge is 2.24. The van der Waals surface area contributed by atoms with Crippen LogP contribution in [0.15, 0.2) is 53.4 Å². The summed E-state index contributed by atoms with van der Waals surface area (Å²) in [6, 6.07) is 11.2. The third-order valence-electron chi connectivity index (χ3n) is 3.99. The van der Waals surface area contributed by atoms with E-state index in [1.54, 1.807) is 26.0 Å². The number of nitro groups is 1. The second-order valence-electron chi connectivity index (χ2n) is 6.60. The van der Waals surface area contributed by atoms with Crippen molar-refractivity contribution in [3.63, 3.8) is 0 Å². The van der Waals surface area contributed by atoms with E-state index in [1.807, 2.05) is 0 Å². The highest BCUT2D eigenvalue weighted by Crippen LogP contribution is 2.22. The van der Waals surface area contributed by atoms with E-state index in [1.165, 1.54) is 24.3 Å². The van der Waals surface area contributed by atoms with Gasteiger partial charge in [-0.25, -0.2) is 13.1 Å². The molecule has 30 heavy (non-hydrogen) atoms. The summed E-state index contributed by atoms with van der Waals surface area (Å²) in [6.07, 6.45) is 0. The second-order valence-corrected chi connectivity index (χ2v) is 8.34. The van der Waals surface area contributed by atoms with Crippen molar-refractivity contribution in [1.29, 1.82) is 0 Å². The Hall–Kier alpha value is -3.31. The van der Waals surface area contributed by atoms with Crippen molar-refractivity contribution in [1.82, 2.24) is 10.0 Å². The van der Waals surface area contributed by atoms with Gasteiger partial charge in [0, 0.05) is 36.3 Å². The number of nitro benzene ring substituents is 1. The first kappa shape index (κ1) is 23.0. The maximum Gasteiger partial charge on any atom is 0.289 e. The molecule has 2 rings (SSSR count). The van der Waals surface area contributed by atoms with Crippen molar-refractivity contribution in [2.75, 3.05) is 18.4 Å². The van der Waals surface area contributed by atoms with Gasteiger partial charge in [-0.15, -0.1) is 0 Å². The first-order chi connectivity index (χ1) is 14.1. The van der Waals surface area contributed by atoms with E-state index in [2.05, 4.69) is 15.4 Å². The second kappa shape index (κ2) is 9.94. The zero-order valence-corrected chi connectivity index (χ0v) is 17.2. The molecule has 3 N–H and O–H groups in total. The SMILES string of the molecule is CC(C)C(=O)Nc1ccc(C(=O)NCCNS(=O)(=O)c2ccccc2[N+](=O)[O-])cc1. The number of sulfonamides is 1. The number of nitrogens with zero attached hydrogens (tertiary/aromatic N) is 1. The fraction of sp³-hybridized carbons (Fsp3) is 0.263. The smallest absolute Gasteiger partial charge is 0.289 e. The molecule has 0 aliphatic heterocycles. The lowest BCUT2D eigenvalue weighted by Crippen LogP contribution is -2.34. The van der Waals surface area contributed by atoms with Crippen LogP contribution >= 0.6 is 0 Å². The predicted octanol–water partition coefficient (Wildman–Crippen LogP) is 1.90. The summed E-state index contributed by atoms with van der Waals surface area (Å²) in [5.41, 5.74) is 0.361. The highest BCUT2D eigenvalue weighted by molar-refractivity contribution is 7.89. The molecule has 0 saturated heterocycles. The van der Waals surface area contributed by atoms with E-state index < -0.39 is 31.4 Å². The Kier molecular flexibility index (Phi) is 7.61. The predicted molar refractivity (Wildman–Crippen MR) is 111 cm³/mol. The molecule has 0 unspecified atom stereocenters. The van der Waals surface area contributed by atoms with Gasteiger partial charge in [-0.05, 0) is 30.3 Å². The van der Waals surface area contributed by atoms with Crippen LogP contribution < -0.4 is 15.4 Å². The van der Waals surface area contributed by atoms with Crippen molar-refractivity contribution in [2.45, 2.75) is 18.7 Å². The number of carbonyl (C=O) groups is 2. The summed E-state index contributed by atoms with van der Waals surface area (Å²) in [4.78, 5) is 33.6. The third kappa shape index (κ3) is 6.09. The Bertz CT molecular complexity index is 1040. The summed E-state index contributed by atoms with van der Waals surface area (Å²) in [7, 11) is -4.11. The van der Waals surface area contributed by atoms with Crippen molar-refractivity contribution in [3.8, 4) is 0 Å². The van der Waals surface area contributed by atoms with Gasteiger partial charge in [-0.2, -0.15) is 0 Å². The number of hydrogen-bond acceptors (Lipinski definition) is 6. The Labute approximate surface area is 173 Å². The normalized spacial score (nSPS) is 11.2. The number of carbonyl (C=O) groups excluding carboxylic acids is 2. The summed E-state index contributed by atoms with van der Waals surface area (Å²) in [5.74, 6) is -0.742. The first-order valence-corrected chi connectivity index (χ1v) is 10.5. The summed E-state index contributed by atoms with van der Waals surface area (Å²) in [6.45, 7) is 3.36. The Morgan fingerprint density at radius 1 is 1.03 bits per heavy atom. The van der Waals surface area contributed by atoms with Gasteiger partial charge >= 0.3 is 0 Å². The number of para-hydroxylation sites is 1. The highest BCUT2D eigenvalue weighted by atomic mass is 32.2. The molecule has 0 fully saturated rings. The topological polar surface area (TPSA) is 148 Å². The van der Waals surface area contributed by atoms with Crippen LogP contribution in [0.3, 0.4) is 0 Å². The van der Waals surface area contributed by atoms with Crippen molar-refractivity contribution in [2.24, 2.45) is 5.92 Å². The zero-order chi connectivity index (χ0) is 22.3. The van der Waals surface area contributed by atoms with E-state index in [-0.39, 0.29) is 24.9 Å². The van der Waals surface area contributed by atoms with Gasteiger partial charge in [0.1, 0.15) is 0 Å². The standard InChI is InChI=1S/C19H22N4O6S/c1-13(2)18(24)22-15-9-7-14(8-10-15)19(25)20-11-12-21-30(28,29)17-6-4-3-5-16(17)23(26)27/h3-10,13,21H,11-12H2,1-2H3,(H,20,25)(H,22,24). The average molecular weight is 434 g/mol. The maximum absolute atomic E-state index is 12.3. The minimum atomic E-state index is -4.11. The monoisotopic (exact) mass is 434 g/mol. The average Bonchev–Trinajstić information content (AvgIpc) is 2.71. The Morgan fingerprint density at radius 2 is 1.67 bits per heavy atom. The van der Waals surface area contributed by atoms with Crippen LogP contribution in [0, 0.1) is 16.0 Å². The third-order valence-corrected chi connectivity index (χ3v) is 5.50. The summed E-state index contributed by atoms with van der Waals surface area (Å²) < 4.78 is 26.8. The molecule has 0 aromatic heterocycles. The van der Waals surface area contributed by atoms with Crippen LogP contribution in [0.25, 0.3) is 0 Å². The molecule has 0 aliphatic rings. The molecule has 0 saturated carbocycles. The van der Waals surface area contributed by atoms with Crippen molar-refractivity contribution < 1.29 is 22.9 Å². The molecule has 0 spiro atoms. The van der Waals surface area contributed by atoms with E-state index in [0.717, 1.165) is 12.1 Å². The molecular formula is C19H22N4O6S. The quantitative estimate of drug-likeness (QED) is 0.312. The Balaban J connectivity index is 1.89. The number of benzene rings is 2. The van der Waals surface area contributed by atoms with Crippen LogP contribution in [0.1, 0.15) is 24.2 Å². The van der Waals surface area contributed by atoms with Gasteiger partial charge in [-0.3, -0.25) is 19.7 Å². The van der Waals surface area contributed by atoms with E-state index in [0.29, 0.717) is 11.3 Å². The fourth-order valence-corrected chi connectivity index (χ4v) is 3.57. The lowest BCUT2D eigenvalue weighted by atomic mass is 10.1. The minimum Gasteiger partial charge on any atom is -0.351 e. The summed E-state index contributed by atoms with van der Waals surface area (Å²) in [5, 5.41) is 16.3. The van der Waals surface area contributed by atoms with Crippen molar-refractivity contribution in [3.05, 3.63) is 64.2 Å². The van der Waals surface area contributed by atoms with Gasteiger partial charge in [-0.1, -0.05) is 26.0 Å².